The Kier molecular flexibility index (Phi) is 4.06. The van der Waals surface area contributed by atoms with Crippen LogP contribution in [0.15, 0.2) is 24.3 Å². The van der Waals surface area contributed by atoms with Gasteiger partial charge in [0, 0.05) is 10.6 Å². The number of nitrogens with one attached hydrogen (secondary N) is 1. The molecule has 1 heterocycles. The van der Waals surface area contributed by atoms with Crippen LogP contribution in [-0.4, -0.2) is 5.91 Å². The van der Waals surface area contributed by atoms with Gasteiger partial charge in [0.25, 0.3) is 0 Å². The molecule has 2 rings (SSSR count). The predicted molar refractivity (Wildman–Crippen MR) is 81.7 cm³/mol. The molecule has 0 atom stereocenters. The highest BCUT2D eigenvalue weighted by Gasteiger charge is 2.15. The van der Waals surface area contributed by atoms with Crippen molar-refractivity contribution in [2.75, 3.05) is 11.1 Å². The average Bonchev–Trinajstić information content (AvgIpc) is 2.67. The first-order chi connectivity index (χ1) is 9.52. The normalized spacial score (nSPS) is 10.1. The van der Waals surface area contributed by atoms with Gasteiger partial charge in [0.15, 0.2) is 0 Å². The highest BCUT2D eigenvalue weighted by molar-refractivity contribution is 7.16. The Balaban J connectivity index is 2.16. The van der Waals surface area contributed by atoms with Crippen LogP contribution >= 0.6 is 11.3 Å². The van der Waals surface area contributed by atoms with Crippen LogP contribution in [0.4, 0.5) is 10.7 Å². The lowest BCUT2D eigenvalue weighted by atomic mass is 10.1. The third-order valence-electron chi connectivity index (χ3n) is 3.16. The summed E-state index contributed by atoms with van der Waals surface area (Å²) in [5, 5.41) is 12.6. The van der Waals surface area contributed by atoms with E-state index in [0.29, 0.717) is 16.3 Å². The Labute approximate surface area is 121 Å². The van der Waals surface area contributed by atoms with Crippen molar-refractivity contribution in [3.8, 4) is 6.07 Å². The molecule has 1 aromatic heterocycles. The third kappa shape index (κ3) is 2.81. The Morgan fingerprint density at radius 1 is 1.40 bits per heavy atom. The number of hydrogen-bond donors (Lipinski definition) is 2. The zero-order valence-electron chi connectivity index (χ0n) is 11.4. The number of nitrogens with zero attached hydrogens (tertiary/aromatic N) is 1. The largest absolute Gasteiger partial charge is 0.398 e. The summed E-state index contributed by atoms with van der Waals surface area (Å²) in [6.45, 7) is 3.82. The molecule has 0 aliphatic rings. The first kappa shape index (κ1) is 14.1. The SMILES string of the molecule is Cc1sc(NC(=O)Cc2ccccc2N)c(C#N)c1C. The maximum absolute atomic E-state index is 12.1. The van der Waals surface area contributed by atoms with Gasteiger partial charge in [-0.05, 0) is 31.0 Å². The number of aryl methyl sites for hydroxylation is 1. The fourth-order valence-corrected chi connectivity index (χ4v) is 2.92. The summed E-state index contributed by atoms with van der Waals surface area (Å²) in [4.78, 5) is 13.1. The monoisotopic (exact) mass is 285 g/mol. The second-order valence-electron chi connectivity index (χ2n) is 4.52. The highest BCUT2D eigenvalue weighted by atomic mass is 32.1. The maximum Gasteiger partial charge on any atom is 0.229 e. The van der Waals surface area contributed by atoms with Crippen LogP contribution < -0.4 is 11.1 Å². The van der Waals surface area contributed by atoms with Crippen LogP contribution in [0.3, 0.4) is 0 Å². The molecule has 0 aliphatic carbocycles. The van der Waals surface area contributed by atoms with Gasteiger partial charge in [0.1, 0.15) is 11.1 Å². The second-order valence-corrected chi connectivity index (χ2v) is 5.75. The fraction of sp³-hybridized carbons (Fsp3) is 0.200. The molecule has 0 unspecified atom stereocenters. The summed E-state index contributed by atoms with van der Waals surface area (Å²) >= 11 is 1.42. The lowest BCUT2D eigenvalue weighted by Crippen LogP contribution is -2.15. The van der Waals surface area contributed by atoms with Crippen molar-refractivity contribution in [2.24, 2.45) is 0 Å². The number of anilines is 2. The van der Waals surface area contributed by atoms with E-state index in [1.807, 2.05) is 32.0 Å². The molecule has 0 bridgehead atoms. The Bertz CT molecular complexity index is 698. The lowest BCUT2D eigenvalue weighted by Gasteiger charge is -2.06. The van der Waals surface area contributed by atoms with Crippen molar-refractivity contribution in [1.82, 2.24) is 0 Å². The third-order valence-corrected chi connectivity index (χ3v) is 4.28. The van der Waals surface area contributed by atoms with E-state index in [0.717, 1.165) is 16.0 Å². The molecule has 102 valence electrons. The number of amides is 1. The molecule has 0 spiro atoms. The van der Waals surface area contributed by atoms with E-state index in [1.165, 1.54) is 11.3 Å². The summed E-state index contributed by atoms with van der Waals surface area (Å²) in [7, 11) is 0. The average molecular weight is 285 g/mol. The molecule has 3 N–H and O–H groups in total. The standard InChI is InChI=1S/C15H15N3OS/c1-9-10(2)20-15(12(9)8-16)18-14(19)7-11-5-3-4-6-13(11)17/h3-6H,7,17H2,1-2H3,(H,18,19). The van der Waals surface area contributed by atoms with Gasteiger partial charge >= 0.3 is 0 Å². The van der Waals surface area contributed by atoms with Crippen molar-refractivity contribution in [3.63, 3.8) is 0 Å². The minimum absolute atomic E-state index is 0.166. The Morgan fingerprint density at radius 2 is 2.10 bits per heavy atom. The second kappa shape index (κ2) is 5.76. The number of benzene rings is 1. The molecule has 2 aromatic rings. The number of carbonyl (C=O) groups is 1. The Hall–Kier alpha value is -2.32. The smallest absolute Gasteiger partial charge is 0.229 e. The van der Waals surface area contributed by atoms with E-state index in [2.05, 4.69) is 11.4 Å². The van der Waals surface area contributed by atoms with E-state index in [9.17, 15) is 4.79 Å². The molecule has 0 aliphatic heterocycles. The van der Waals surface area contributed by atoms with E-state index in [1.54, 1.807) is 6.07 Å². The van der Waals surface area contributed by atoms with E-state index < -0.39 is 0 Å². The van der Waals surface area contributed by atoms with Crippen molar-refractivity contribution < 1.29 is 4.79 Å². The van der Waals surface area contributed by atoms with Crippen LogP contribution in [-0.2, 0) is 11.2 Å². The van der Waals surface area contributed by atoms with Crippen LogP contribution in [0.25, 0.3) is 0 Å². The quantitative estimate of drug-likeness (QED) is 0.851. The number of nitriles is 1. The highest BCUT2D eigenvalue weighted by Crippen LogP contribution is 2.31. The molecular formula is C15H15N3OS. The molecule has 5 heteroatoms. The van der Waals surface area contributed by atoms with Gasteiger partial charge < -0.3 is 11.1 Å². The summed E-state index contributed by atoms with van der Waals surface area (Å²) in [6, 6.07) is 9.40. The number of para-hydroxylation sites is 1. The number of thiophene rings is 1. The summed E-state index contributed by atoms with van der Waals surface area (Å²) in [5.74, 6) is -0.166. The summed E-state index contributed by atoms with van der Waals surface area (Å²) in [5.41, 5.74) is 8.67. The molecular weight excluding hydrogens is 270 g/mol. The number of rotatable bonds is 3. The van der Waals surface area contributed by atoms with Crippen LogP contribution in [0, 0.1) is 25.2 Å². The molecule has 20 heavy (non-hydrogen) atoms. The van der Waals surface area contributed by atoms with Crippen molar-refractivity contribution in [3.05, 3.63) is 45.8 Å². The van der Waals surface area contributed by atoms with Crippen molar-refractivity contribution in [2.45, 2.75) is 20.3 Å². The van der Waals surface area contributed by atoms with Crippen LogP contribution in [0.5, 0.6) is 0 Å². The first-order valence-corrected chi connectivity index (χ1v) is 6.98. The molecule has 1 amide bonds. The van der Waals surface area contributed by atoms with Gasteiger partial charge in [0.2, 0.25) is 5.91 Å². The molecule has 0 saturated carbocycles. The number of carbonyl (C=O) groups excluding carboxylic acids is 1. The minimum atomic E-state index is -0.166. The molecule has 0 fully saturated rings. The zero-order chi connectivity index (χ0) is 14.7. The van der Waals surface area contributed by atoms with Gasteiger partial charge in [-0.3, -0.25) is 4.79 Å². The van der Waals surface area contributed by atoms with Gasteiger partial charge in [-0.1, -0.05) is 18.2 Å². The molecule has 1 aromatic carbocycles. The van der Waals surface area contributed by atoms with Gasteiger partial charge in [-0.25, -0.2) is 0 Å². The zero-order valence-corrected chi connectivity index (χ0v) is 12.2. The fourth-order valence-electron chi connectivity index (χ4n) is 1.89. The number of nitrogens with two attached hydrogens (primary N) is 1. The van der Waals surface area contributed by atoms with Crippen molar-refractivity contribution in [1.29, 1.82) is 5.26 Å². The summed E-state index contributed by atoms with van der Waals surface area (Å²) < 4.78 is 0. The minimum Gasteiger partial charge on any atom is -0.398 e. The summed E-state index contributed by atoms with van der Waals surface area (Å²) in [6.07, 6.45) is 0.202. The topological polar surface area (TPSA) is 78.9 Å². The van der Waals surface area contributed by atoms with E-state index >= 15 is 0 Å². The van der Waals surface area contributed by atoms with E-state index in [-0.39, 0.29) is 12.3 Å². The predicted octanol–water partition coefficient (Wildman–Crippen LogP) is 3.00. The van der Waals surface area contributed by atoms with Crippen molar-refractivity contribution >= 4 is 27.9 Å². The van der Waals surface area contributed by atoms with Gasteiger partial charge in [-0.15, -0.1) is 11.3 Å². The maximum atomic E-state index is 12.1. The molecule has 0 radical (unpaired) electrons. The van der Waals surface area contributed by atoms with Gasteiger partial charge in [0.05, 0.1) is 12.0 Å². The lowest BCUT2D eigenvalue weighted by molar-refractivity contribution is -0.115. The van der Waals surface area contributed by atoms with Crippen LogP contribution in [0.2, 0.25) is 0 Å². The Morgan fingerprint density at radius 3 is 2.75 bits per heavy atom. The molecule has 0 saturated heterocycles. The molecule has 4 nitrogen and oxygen atoms in total. The number of hydrogen-bond acceptors (Lipinski definition) is 4. The van der Waals surface area contributed by atoms with E-state index in [4.69, 9.17) is 11.0 Å². The first-order valence-electron chi connectivity index (χ1n) is 6.16. The van der Waals surface area contributed by atoms with Gasteiger partial charge in [-0.2, -0.15) is 5.26 Å². The number of nitrogen functional groups attached to an aromatic ring is 1. The van der Waals surface area contributed by atoms with Crippen LogP contribution in [0.1, 0.15) is 21.6 Å².